The van der Waals surface area contributed by atoms with Gasteiger partial charge in [0.25, 0.3) is 0 Å². The minimum absolute atomic E-state index is 0.0767. The molecule has 0 spiro atoms. The molecular formula is C12H16BrFN2O3S. The number of nitrogen functional groups attached to an aromatic ring is 1. The first kappa shape index (κ1) is 15.7. The zero-order valence-corrected chi connectivity index (χ0v) is 13.1. The van der Waals surface area contributed by atoms with Gasteiger partial charge in [0.2, 0.25) is 10.0 Å². The SMILES string of the molecule is Nc1cc(S(=O)(=O)NCC2CCCCO2)c(Br)cc1F. The lowest BCUT2D eigenvalue weighted by molar-refractivity contribution is 0.0200. The van der Waals surface area contributed by atoms with E-state index in [1.54, 1.807) is 0 Å². The number of nitrogens with two attached hydrogens (primary N) is 1. The average molecular weight is 367 g/mol. The normalized spacial score (nSPS) is 20.0. The summed E-state index contributed by atoms with van der Waals surface area (Å²) in [7, 11) is -3.75. The number of benzene rings is 1. The van der Waals surface area contributed by atoms with Crippen LogP contribution in [0.25, 0.3) is 0 Å². The van der Waals surface area contributed by atoms with Gasteiger partial charge in [0.15, 0.2) is 0 Å². The smallest absolute Gasteiger partial charge is 0.241 e. The highest BCUT2D eigenvalue weighted by molar-refractivity contribution is 9.10. The fourth-order valence-corrected chi connectivity index (χ4v) is 4.11. The van der Waals surface area contributed by atoms with E-state index >= 15 is 0 Å². The largest absolute Gasteiger partial charge is 0.396 e. The molecule has 1 aromatic carbocycles. The number of ether oxygens (including phenoxy) is 1. The van der Waals surface area contributed by atoms with E-state index in [-0.39, 0.29) is 27.7 Å². The van der Waals surface area contributed by atoms with Gasteiger partial charge in [-0.1, -0.05) is 0 Å². The highest BCUT2D eigenvalue weighted by atomic mass is 79.9. The maximum atomic E-state index is 13.2. The molecule has 1 aromatic rings. The number of sulfonamides is 1. The molecule has 0 saturated carbocycles. The van der Waals surface area contributed by atoms with E-state index in [0.29, 0.717) is 6.61 Å². The van der Waals surface area contributed by atoms with Crippen molar-refractivity contribution in [3.05, 3.63) is 22.4 Å². The lowest BCUT2D eigenvalue weighted by atomic mass is 10.1. The molecule has 1 saturated heterocycles. The van der Waals surface area contributed by atoms with Crippen molar-refractivity contribution in [2.45, 2.75) is 30.3 Å². The maximum absolute atomic E-state index is 13.2. The molecule has 0 aliphatic carbocycles. The number of hydrogen-bond donors (Lipinski definition) is 2. The van der Waals surface area contributed by atoms with Gasteiger partial charge >= 0.3 is 0 Å². The lowest BCUT2D eigenvalue weighted by Crippen LogP contribution is -2.35. The van der Waals surface area contributed by atoms with Crippen LogP contribution in [0.5, 0.6) is 0 Å². The number of rotatable bonds is 4. The van der Waals surface area contributed by atoms with Crippen molar-refractivity contribution in [1.82, 2.24) is 4.72 Å². The Morgan fingerprint density at radius 2 is 2.20 bits per heavy atom. The van der Waals surface area contributed by atoms with Crippen LogP contribution in [-0.4, -0.2) is 27.7 Å². The van der Waals surface area contributed by atoms with Crippen LogP contribution in [0, 0.1) is 5.82 Å². The molecule has 1 atom stereocenters. The standard InChI is InChI=1S/C12H16BrFN2O3S/c13-9-5-10(14)11(15)6-12(9)20(17,18)16-7-8-3-1-2-4-19-8/h5-6,8,16H,1-4,7,15H2. The molecule has 0 bridgehead atoms. The van der Waals surface area contributed by atoms with Gasteiger partial charge in [0.05, 0.1) is 16.7 Å². The molecule has 0 amide bonds. The molecule has 1 heterocycles. The summed E-state index contributed by atoms with van der Waals surface area (Å²) in [6.07, 6.45) is 2.74. The van der Waals surface area contributed by atoms with Crippen LogP contribution in [0.4, 0.5) is 10.1 Å². The Hall–Kier alpha value is -0.700. The van der Waals surface area contributed by atoms with Gasteiger partial charge in [-0.25, -0.2) is 17.5 Å². The minimum Gasteiger partial charge on any atom is -0.396 e. The summed E-state index contributed by atoms with van der Waals surface area (Å²) in [5.74, 6) is -0.661. The Morgan fingerprint density at radius 3 is 2.85 bits per heavy atom. The fraction of sp³-hybridized carbons (Fsp3) is 0.500. The van der Waals surface area contributed by atoms with E-state index in [1.807, 2.05) is 0 Å². The second-order valence-electron chi connectivity index (χ2n) is 4.64. The number of halogens is 2. The molecule has 3 N–H and O–H groups in total. The quantitative estimate of drug-likeness (QED) is 0.798. The molecule has 1 unspecified atom stereocenters. The van der Waals surface area contributed by atoms with Crippen LogP contribution in [0.3, 0.4) is 0 Å². The highest BCUT2D eigenvalue weighted by Crippen LogP contribution is 2.26. The Bertz CT molecular complexity index is 589. The van der Waals surface area contributed by atoms with Gasteiger partial charge in [0, 0.05) is 17.6 Å². The van der Waals surface area contributed by atoms with Crippen LogP contribution >= 0.6 is 15.9 Å². The fourth-order valence-electron chi connectivity index (χ4n) is 2.00. The second-order valence-corrected chi connectivity index (χ2v) is 7.23. The van der Waals surface area contributed by atoms with E-state index in [1.165, 1.54) is 0 Å². The summed E-state index contributed by atoms with van der Waals surface area (Å²) in [5.41, 5.74) is 5.21. The van der Waals surface area contributed by atoms with Crippen LogP contribution in [0.2, 0.25) is 0 Å². The third-order valence-electron chi connectivity index (χ3n) is 3.12. The van der Waals surface area contributed by atoms with E-state index in [4.69, 9.17) is 10.5 Å². The van der Waals surface area contributed by atoms with Gasteiger partial charge in [-0.3, -0.25) is 0 Å². The first-order valence-corrected chi connectivity index (χ1v) is 8.53. The van der Waals surface area contributed by atoms with Gasteiger partial charge < -0.3 is 10.5 Å². The lowest BCUT2D eigenvalue weighted by Gasteiger charge is -2.22. The molecule has 112 valence electrons. The van der Waals surface area contributed by atoms with Crippen LogP contribution in [-0.2, 0) is 14.8 Å². The molecule has 1 fully saturated rings. The number of nitrogens with one attached hydrogen (secondary N) is 1. The van der Waals surface area contributed by atoms with Gasteiger partial charge in [-0.2, -0.15) is 0 Å². The predicted molar refractivity (Wildman–Crippen MR) is 77.3 cm³/mol. The summed E-state index contributed by atoms with van der Waals surface area (Å²) < 4.78 is 45.7. The van der Waals surface area contributed by atoms with Crippen LogP contribution in [0.1, 0.15) is 19.3 Å². The molecule has 5 nitrogen and oxygen atoms in total. The maximum Gasteiger partial charge on any atom is 0.241 e. The predicted octanol–water partition coefficient (Wildman–Crippen LogP) is 2.02. The first-order valence-electron chi connectivity index (χ1n) is 6.26. The van der Waals surface area contributed by atoms with E-state index in [2.05, 4.69) is 20.7 Å². The van der Waals surface area contributed by atoms with E-state index < -0.39 is 15.8 Å². The Morgan fingerprint density at radius 1 is 1.45 bits per heavy atom. The molecule has 0 radical (unpaired) electrons. The summed E-state index contributed by atoms with van der Waals surface area (Å²) in [6, 6.07) is 2.14. The van der Waals surface area contributed by atoms with Gasteiger partial charge in [-0.05, 0) is 47.3 Å². The molecule has 0 aromatic heterocycles. The van der Waals surface area contributed by atoms with Crippen molar-refractivity contribution in [1.29, 1.82) is 0 Å². The van der Waals surface area contributed by atoms with Crippen molar-refractivity contribution in [2.75, 3.05) is 18.9 Å². The molecular weight excluding hydrogens is 351 g/mol. The Labute approximate surface area is 125 Å². The van der Waals surface area contributed by atoms with Gasteiger partial charge in [-0.15, -0.1) is 0 Å². The zero-order chi connectivity index (χ0) is 14.8. The monoisotopic (exact) mass is 366 g/mol. The van der Waals surface area contributed by atoms with E-state index in [9.17, 15) is 12.8 Å². The molecule has 2 rings (SSSR count). The highest BCUT2D eigenvalue weighted by Gasteiger charge is 2.22. The minimum atomic E-state index is -3.75. The summed E-state index contributed by atoms with van der Waals surface area (Å²) >= 11 is 3.04. The summed E-state index contributed by atoms with van der Waals surface area (Å²) in [5, 5.41) is 0. The zero-order valence-electron chi connectivity index (χ0n) is 10.7. The number of anilines is 1. The van der Waals surface area contributed by atoms with Crippen LogP contribution < -0.4 is 10.5 Å². The van der Waals surface area contributed by atoms with E-state index in [0.717, 1.165) is 31.4 Å². The van der Waals surface area contributed by atoms with Crippen molar-refractivity contribution >= 4 is 31.6 Å². The molecule has 1 aliphatic rings. The van der Waals surface area contributed by atoms with Crippen molar-refractivity contribution in [3.8, 4) is 0 Å². The summed E-state index contributed by atoms with van der Waals surface area (Å²) in [4.78, 5) is -0.0767. The third-order valence-corrected chi connectivity index (χ3v) is 5.50. The van der Waals surface area contributed by atoms with Crippen molar-refractivity contribution in [3.63, 3.8) is 0 Å². The second kappa shape index (κ2) is 6.38. The van der Waals surface area contributed by atoms with Crippen molar-refractivity contribution < 1.29 is 17.5 Å². The van der Waals surface area contributed by atoms with Crippen LogP contribution in [0.15, 0.2) is 21.5 Å². The third kappa shape index (κ3) is 3.69. The molecule has 8 heteroatoms. The van der Waals surface area contributed by atoms with Gasteiger partial charge in [0.1, 0.15) is 5.82 Å². The molecule has 20 heavy (non-hydrogen) atoms. The Kier molecular flexibility index (Phi) is 5.00. The topological polar surface area (TPSA) is 81.4 Å². The van der Waals surface area contributed by atoms with Crippen molar-refractivity contribution in [2.24, 2.45) is 0 Å². The number of hydrogen-bond acceptors (Lipinski definition) is 4. The molecule has 1 aliphatic heterocycles. The Balaban J connectivity index is 2.11. The summed E-state index contributed by atoms with van der Waals surface area (Å²) in [6.45, 7) is 0.853. The first-order chi connectivity index (χ1) is 9.40. The average Bonchev–Trinajstić information content (AvgIpc) is 2.42.